The van der Waals surface area contributed by atoms with Crippen molar-refractivity contribution in [3.05, 3.63) is 29.8 Å². The van der Waals surface area contributed by atoms with Gasteiger partial charge < -0.3 is 28.9 Å². The van der Waals surface area contributed by atoms with Gasteiger partial charge in [-0.25, -0.2) is 14.2 Å². The van der Waals surface area contributed by atoms with E-state index in [1.54, 1.807) is 34.5 Å². The Morgan fingerprint density at radius 2 is 1.92 bits per heavy atom. The van der Waals surface area contributed by atoms with Gasteiger partial charge in [0.1, 0.15) is 11.4 Å². The molecule has 3 rings (SSSR count). The molecule has 2 heterocycles. The summed E-state index contributed by atoms with van der Waals surface area (Å²) in [5.41, 5.74) is 0.457. The Balaban J connectivity index is 1.99. The number of imidazole rings is 1. The van der Waals surface area contributed by atoms with E-state index in [0.717, 1.165) is 12.8 Å². The number of benzene rings is 1. The third kappa shape index (κ3) is 8.14. The van der Waals surface area contributed by atoms with Gasteiger partial charge in [-0.15, -0.1) is 0 Å². The minimum atomic E-state index is -0.666. The van der Waals surface area contributed by atoms with Crippen LogP contribution in [0.2, 0.25) is 0 Å². The van der Waals surface area contributed by atoms with Crippen molar-refractivity contribution in [3.63, 3.8) is 0 Å². The number of aliphatic hydroxyl groups is 1. The van der Waals surface area contributed by atoms with E-state index >= 15 is 0 Å². The van der Waals surface area contributed by atoms with Gasteiger partial charge in [-0.1, -0.05) is 13.8 Å². The van der Waals surface area contributed by atoms with E-state index in [1.807, 2.05) is 34.6 Å². The van der Waals surface area contributed by atoms with Crippen LogP contribution in [0.15, 0.2) is 18.2 Å². The number of unbranched alkanes of at least 4 members (excludes halogenated alkanes) is 1. The van der Waals surface area contributed by atoms with Gasteiger partial charge in [0.05, 0.1) is 23.2 Å². The van der Waals surface area contributed by atoms with Crippen LogP contribution in [0.4, 0.5) is 9.18 Å². The van der Waals surface area contributed by atoms with Crippen LogP contribution in [0.5, 0.6) is 0 Å². The van der Waals surface area contributed by atoms with Crippen LogP contribution in [0.1, 0.15) is 71.4 Å². The van der Waals surface area contributed by atoms with Gasteiger partial charge in [0.15, 0.2) is 5.82 Å². The zero-order valence-corrected chi connectivity index (χ0v) is 24.4. The van der Waals surface area contributed by atoms with E-state index in [1.165, 1.54) is 12.1 Å². The molecule has 0 spiro atoms. The van der Waals surface area contributed by atoms with Gasteiger partial charge in [-0.05, 0) is 71.1 Å². The molecule has 3 atom stereocenters. The number of rotatable bonds is 10. The van der Waals surface area contributed by atoms with Crippen molar-refractivity contribution in [2.24, 2.45) is 11.8 Å². The fourth-order valence-electron chi connectivity index (χ4n) is 5.08. The first-order valence-corrected chi connectivity index (χ1v) is 13.9. The van der Waals surface area contributed by atoms with Crippen LogP contribution in [-0.2, 0) is 16.0 Å². The maximum absolute atomic E-state index is 14.3. The highest BCUT2D eigenvalue weighted by Crippen LogP contribution is 2.28. The molecule has 2 amide bonds. The lowest BCUT2D eigenvalue weighted by Gasteiger charge is -2.44. The van der Waals surface area contributed by atoms with E-state index < -0.39 is 23.6 Å². The van der Waals surface area contributed by atoms with E-state index in [9.17, 15) is 19.1 Å². The number of nitrogens with zero attached hydrogens (tertiary/aromatic N) is 4. The summed E-state index contributed by atoms with van der Waals surface area (Å²) in [6.45, 7) is 13.4. The molecular formula is C29H45FN4O5. The topological polar surface area (TPSA) is 97.1 Å². The summed E-state index contributed by atoms with van der Waals surface area (Å²) in [5.74, 6) is -0.490. The predicted octanol–water partition coefficient (Wildman–Crippen LogP) is 4.71. The largest absolute Gasteiger partial charge is 0.444 e. The van der Waals surface area contributed by atoms with E-state index in [0.29, 0.717) is 50.2 Å². The second-order valence-corrected chi connectivity index (χ2v) is 12.0. The maximum atomic E-state index is 14.3. The van der Waals surface area contributed by atoms with Gasteiger partial charge in [0.2, 0.25) is 0 Å². The van der Waals surface area contributed by atoms with E-state index in [-0.39, 0.29) is 29.6 Å². The van der Waals surface area contributed by atoms with Crippen LogP contribution < -0.4 is 0 Å². The lowest BCUT2D eigenvalue weighted by molar-refractivity contribution is -0.0151. The number of piperidine rings is 1. The number of hydrogen-bond acceptors (Lipinski definition) is 6. The molecule has 3 unspecified atom stereocenters. The van der Waals surface area contributed by atoms with Gasteiger partial charge in [-0.3, -0.25) is 4.79 Å². The highest BCUT2D eigenvalue weighted by atomic mass is 19.1. The summed E-state index contributed by atoms with van der Waals surface area (Å²) in [5, 5.41) is 10.5. The Morgan fingerprint density at radius 1 is 1.21 bits per heavy atom. The zero-order chi connectivity index (χ0) is 28.9. The number of aromatic nitrogens is 2. The average molecular weight is 549 g/mol. The third-order valence-electron chi connectivity index (χ3n) is 6.94. The molecule has 0 radical (unpaired) electrons. The zero-order valence-electron chi connectivity index (χ0n) is 24.4. The molecule has 1 N–H and O–H groups in total. The van der Waals surface area contributed by atoms with Crippen molar-refractivity contribution in [1.29, 1.82) is 0 Å². The molecule has 10 heteroatoms. The fourth-order valence-corrected chi connectivity index (χ4v) is 5.08. The van der Waals surface area contributed by atoms with E-state index in [4.69, 9.17) is 9.47 Å². The van der Waals surface area contributed by atoms with Crippen molar-refractivity contribution in [2.75, 3.05) is 33.4 Å². The summed E-state index contributed by atoms with van der Waals surface area (Å²) in [6, 6.07) is 4.00. The van der Waals surface area contributed by atoms with Crippen LogP contribution in [-0.4, -0.2) is 87.6 Å². The lowest BCUT2D eigenvalue weighted by Crippen LogP contribution is -2.57. The predicted molar refractivity (Wildman–Crippen MR) is 148 cm³/mol. The van der Waals surface area contributed by atoms with Gasteiger partial charge in [-0.2, -0.15) is 0 Å². The molecule has 218 valence electrons. The first kappa shape index (κ1) is 30.8. The third-order valence-corrected chi connectivity index (χ3v) is 6.94. The molecule has 2 aromatic rings. The standard InChI is InChI=1S/C29H45FN4O5/c1-19(2)16-34(23-14-21(20(3)35)17-32(18-23)28(37)39-29(4,5)6)27(36)26-31-24-11-10-22(30)15-25(24)33(26)12-8-9-13-38-7/h10-11,15,19-21,23,35H,8-9,12-14,16-18H2,1-7H3. The minimum Gasteiger partial charge on any atom is -0.444 e. The number of hydrogen-bond donors (Lipinski definition) is 1. The number of methoxy groups -OCH3 is 1. The molecule has 1 fully saturated rings. The smallest absolute Gasteiger partial charge is 0.410 e. The Kier molecular flexibility index (Phi) is 10.3. The van der Waals surface area contributed by atoms with Crippen LogP contribution >= 0.6 is 0 Å². The fraction of sp³-hybridized carbons (Fsp3) is 0.690. The second kappa shape index (κ2) is 13.1. The summed E-state index contributed by atoms with van der Waals surface area (Å²) in [4.78, 5) is 35.3. The average Bonchev–Trinajstić information content (AvgIpc) is 3.20. The van der Waals surface area contributed by atoms with Crippen molar-refractivity contribution >= 4 is 23.0 Å². The number of ether oxygens (including phenoxy) is 2. The summed E-state index contributed by atoms with van der Waals surface area (Å²) in [6.07, 6.45) is 0.939. The highest BCUT2D eigenvalue weighted by molar-refractivity contribution is 5.95. The molecule has 1 saturated heterocycles. The normalized spacial score (nSPS) is 19.0. The molecule has 1 aliphatic rings. The van der Waals surface area contributed by atoms with Crippen molar-refractivity contribution in [3.8, 4) is 0 Å². The first-order chi connectivity index (χ1) is 18.3. The maximum Gasteiger partial charge on any atom is 0.410 e. The summed E-state index contributed by atoms with van der Waals surface area (Å²) < 4.78 is 26.8. The molecule has 0 bridgehead atoms. The van der Waals surface area contributed by atoms with Crippen LogP contribution in [0.3, 0.4) is 0 Å². The summed E-state index contributed by atoms with van der Waals surface area (Å²) in [7, 11) is 1.64. The van der Waals surface area contributed by atoms with E-state index in [2.05, 4.69) is 4.98 Å². The van der Waals surface area contributed by atoms with Gasteiger partial charge >= 0.3 is 6.09 Å². The number of carbonyl (C=O) groups is 2. The number of aliphatic hydroxyl groups excluding tert-OH is 1. The molecule has 0 saturated carbocycles. The lowest BCUT2D eigenvalue weighted by atomic mass is 9.89. The molecule has 1 aromatic carbocycles. The molecular weight excluding hydrogens is 503 g/mol. The van der Waals surface area contributed by atoms with Crippen molar-refractivity contribution in [2.45, 2.75) is 85.1 Å². The number of halogens is 1. The molecule has 9 nitrogen and oxygen atoms in total. The molecule has 0 aliphatic carbocycles. The number of aryl methyl sites for hydroxylation is 1. The van der Waals surface area contributed by atoms with Gasteiger partial charge in [0, 0.05) is 45.8 Å². The Morgan fingerprint density at radius 3 is 2.54 bits per heavy atom. The van der Waals surface area contributed by atoms with Crippen LogP contribution in [0.25, 0.3) is 11.0 Å². The number of amides is 2. The highest BCUT2D eigenvalue weighted by Gasteiger charge is 2.39. The second-order valence-electron chi connectivity index (χ2n) is 12.0. The Hall–Kier alpha value is -2.72. The van der Waals surface area contributed by atoms with Crippen molar-refractivity contribution in [1.82, 2.24) is 19.4 Å². The van der Waals surface area contributed by atoms with Crippen LogP contribution in [0, 0.1) is 17.7 Å². The Bertz CT molecular complexity index is 1130. The first-order valence-electron chi connectivity index (χ1n) is 13.9. The minimum absolute atomic E-state index is 0.146. The number of fused-ring (bicyclic) bond motifs is 1. The molecule has 1 aliphatic heterocycles. The SMILES string of the molecule is COCCCCn1c(C(=O)N(CC(C)C)C2CC(C(C)O)CN(C(=O)OC(C)(C)C)C2)nc2ccc(F)cc21. The number of likely N-dealkylation sites (tertiary alicyclic amines) is 1. The Labute approximate surface area is 231 Å². The van der Waals surface area contributed by atoms with Crippen molar-refractivity contribution < 1.29 is 28.6 Å². The molecule has 39 heavy (non-hydrogen) atoms. The monoisotopic (exact) mass is 548 g/mol. The quantitative estimate of drug-likeness (QED) is 0.432. The number of carbonyl (C=O) groups excluding carboxylic acids is 2. The molecule has 1 aromatic heterocycles. The van der Waals surface area contributed by atoms with Gasteiger partial charge in [0.25, 0.3) is 5.91 Å². The summed E-state index contributed by atoms with van der Waals surface area (Å²) >= 11 is 0.